The van der Waals surface area contributed by atoms with Gasteiger partial charge < -0.3 is 19.0 Å². The second-order valence-electron chi connectivity index (χ2n) is 5.37. The second-order valence-corrected chi connectivity index (χ2v) is 6.31. The van der Waals surface area contributed by atoms with E-state index < -0.39 is 12.0 Å². The molecule has 7 nitrogen and oxygen atoms in total. The molecule has 0 aliphatic carbocycles. The number of carbonyl (C=O) groups is 2. The molecule has 1 amide bonds. The summed E-state index contributed by atoms with van der Waals surface area (Å²) >= 11 is 1.51. The van der Waals surface area contributed by atoms with Crippen LogP contribution in [0.3, 0.4) is 0 Å². The van der Waals surface area contributed by atoms with Gasteiger partial charge in [0.1, 0.15) is 11.8 Å². The van der Waals surface area contributed by atoms with Gasteiger partial charge in [0.2, 0.25) is 0 Å². The van der Waals surface area contributed by atoms with E-state index in [-0.39, 0.29) is 11.7 Å². The molecular formula is C15H17N3O4S. The highest BCUT2D eigenvalue weighted by Crippen LogP contribution is 2.24. The highest BCUT2D eigenvalue weighted by atomic mass is 32.2. The monoisotopic (exact) mass is 335 g/mol. The molecule has 1 atom stereocenters. The number of thioether (sulfide) groups is 1. The predicted octanol–water partition coefficient (Wildman–Crippen LogP) is 1.99. The van der Waals surface area contributed by atoms with Crippen molar-refractivity contribution in [1.82, 2.24) is 14.5 Å². The van der Waals surface area contributed by atoms with Crippen LogP contribution in [0.5, 0.6) is 0 Å². The van der Waals surface area contributed by atoms with Crippen LogP contribution in [0.2, 0.25) is 0 Å². The van der Waals surface area contributed by atoms with Crippen molar-refractivity contribution in [1.29, 1.82) is 0 Å². The maximum Gasteiger partial charge on any atom is 0.326 e. The molecule has 122 valence electrons. The van der Waals surface area contributed by atoms with Crippen molar-refractivity contribution in [2.24, 2.45) is 7.05 Å². The number of aromatic nitrogens is 2. The Hall–Kier alpha value is -2.22. The first kappa shape index (κ1) is 15.7. The highest BCUT2D eigenvalue weighted by molar-refractivity contribution is 7.98. The van der Waals surface area contributed by atoms with Crippen molar-refractivity contribution in [3.8, 4) is 0 Å². The Kier molecular flexibility index (Phi) is 4.42. The van der Waals surface area contributed by atoms with Gasteiger partial charge in [0.05, 0.1) is 5.75 Å². The summed E-state index contributed by atoms with van der Waals surface area (Å²) < 4.78 is 7.49. The highest BCUT2D eigenvalue weighted by Gasteiger charge is 2.35. The van der Waals surface area contributed by atoms with E-state index in [0.717, 1.165) is 5.16 Å². The molecule has 2 aromatic rings. The summed E-state index contributed by atoms with van der Waals surface area (Å²) in [5.74, 6) is 0.0812. The van der Waals surface area contributed by atoms with Crippen LogP contribution in [-0.4, -0.2) is 44.0 Å². The Morgan fingerprint density at radius 3 is 3.00 bits per heavy atom. The normalized spacial score (nSPS) is 17.6. The number of imidazole rings is 1. The van der Waals surface area contributed by atoms with Gasteiger partial charge in [-0.05, 0) is 25.0 Å². The molecule has 0 unspecified atom stereocenters. The van der Waals surface area contributed by atoms with Crippen LogP contribution in [0.4, 0.5) is 0 Å². The van der Waals surface area contributed by atoms with E-state index in [9.17, 15) is 9.59 Å². The van der Waals surface area contributed by atoms with E-state index in [2.05, 4.69) is 4.98 Å². The van der Waals surface area contributed by atoms with Crippen LogP contribution >= 0.6 is 11.8 Å². The van der Waals surface area contributed by atoms with Gasteiger partial charge in [-0.1, -0.05) is 11.8 Å². The number of carboxylic acid groups (broad SMARTS) is 1. The molecule has 0 saturated carbocycles. The molecule has 23 heavy (non-hydrogen) atoms. The summed E-state index contributed by atoms with van der Waals surface area (Å²) in [7, 11) is 1.91. The van der Waals surface area contributed by atoms with Crippen molar-refractivity contribution in [3.63, 3.8) is 0 Å². The lowest BCUT2D eigenvalue weighted by Gasteiger charge is -2.19. The van der Waals surface area contributed by atoms with Crippen LogP contribution in [0.1, 0.15) is 29.2 Å². The fourth-order valence-corrected chi connectivity index (χ4v) is 3.43. The zero-order valence-electron chi connectivity index (χ0n) is 12.6. The number of rotatable bonds is 5. The maximum atomic E-state index is 12.4. The largest absolute Gasteiger partial charge is 0.480 e. The Balaban J connectivity index is 1.65. The zero-order chi connectivity index (χ0) is 16.4. The SMILES string of the molecule is Cn1ccnc1SCc1ccc(C(=O)N2CCC[C@H]2C(=O)O)o1. The minimum atomic E-state index is -0.965. The van der Waals surface area contributed by atoms with Crippen LogP contribution in [0, 0.1) is 0 Å². The van der Waals surface area contributed by atoms with Gasteiger partial charge in [0.15, 0.2) is 10.9 Å². The summed E-state index contributed by atoms with van der Waals surface area (Å²) in [5, 5.41) is 10.0. The van der Waals surface area contributed by atoms with Crippen LogP contribution in [0.25, 0.3) is 0 Å². The minimum absolute atomic E-state index is 0.189. The molecule has 1 saturated heterocycles. The van der Waals surface area contributed by atoms with Crippen molar-refractivity contribution in [3.05, 3.63) is 36.0 Å². The Morgan fingerprint density at radius 1 is 1.48 bits per heavy atom. The van der Waals surface area contributed by atoms with Crippen molar-refractivity contribution in [2.75, 3.05) is 6.54 Å². The van der Waals surface area contributed by atoms with Crippen LogP contribution in [0.15, 0.2) is 34.1 Å². The van der Waals surface area contributed by atoms with Gasteiger partial charge in [0.25, 0.3) is 5.91 Å². The van der Waals surface area contributed by atoms with Crippen molar-refractivity contribution < 1.29 is 19.1 Å². The Morgan fingerprint density at radius 2 is 2.30 bits per heavy atom. The number of hydrogen-bond acceptors (Lipinski definition) is 5. The number of aliphatic carboxylic acids is 1. The van der Waals surface area contributed by atoms with Crippen molar-refractivity contribution >= 4 is 23.6 Å². The second kappa shape index (κ2) is 6.49. The van der Waals surface area contributed by atoms with E-state index in [1.807, 2.05) is 17.8 Å². The molecule has 1 aliphatic heterocycles. The smallest absolute Gasteiger partial charge is 0.326 e. The first-order valence-electron chi connectivity index (χ1n) is 7.29. The lowest BCUT2D eigenvalue weighted by Crippen LogP contribution is -2.40. The topological polar surface area (TPSA) is 88.6 Å². The number of hydrogen-bond donors (Lipinski definition) is 1. The molecule has 3 rings (SSSR count). The first-order chi connectivity index (χ1) is 11.1. The number of aryl methyl sites for hydroxylation is 1. The number of likely N-dealkylation sites (tertiary alicyclic amines) is 1. The van der Waals surface area contributed by atoms with Crippen LogP contribution in [-0.2, 0) is 17.6 Å². The molecule has 0 radical (unpaired) electrons. The average molecular weight is 335 g/mol. The number of nitrogens with zero attached hydrogens (tertiary/aromatic N) is 3. The van der Waals surface area contributed by atoms with Gasteiger partial charge >= 0.3 is 5.97 Å². The summed E-state index contributed by atoms with van der Waals surface area (Å²) in [5.41, 5.74) is 0. The van der Waals surface area contributed by atoms with Crippen molar-refractivity contribution in [2.45, 2.75) is 29.8 Å². The van der Waals surface area contributed by atoms with E-state index in [0.29, 0.717) is 30.9 Å². The van der Waals surface area contributed by atoms with E-state index >= 15 is 0 Å². The van der Waals surface area contributed by atoms with E-state index in [4.69, 9.17) is 9.52 Å². The summed E-state index contributed by atoms with van der Waals surface area (Å²) in [6, 6.07) is 2.60. The lowest BCUT2D eigenvalue weighted by molar-refractivity contribution is -0.141. The third-order valence-corrected chi connectivity index (χ3v) is 4.87. The van der Waals surface area contributed by atoms with Gasteiger partial charge in [-0.3, -0.25) is 4.79 Å². The average Bonchev–Trinajstić information content (AvgIpc) is 3.25. The quantitative estimate of drug-likeness (QED) is 0.841. The summed E-state index contributed by atoms with van der Waals surface area (Å²) in [6.45, 7) is 0.452. The fraction of sp³-hybridized carbons (Fsp3) is 0.400. The summed E-state index contributed by atoms with van der Waals surface area (Å²) in [6.07, 6.45) is 4.77. The molecule has 1 aliphatic rings. The third kappa shape index (κ3) is 3.26. The van der Waals surface area contributed by atoms with E-state index in [1.54, 1.807) is 18.3 Å². The summed E-state index contributed by atoms with van der Waals surface area (Å²) in [4.78, 5) is 29.2. The van der Waals surface area contributed by atoms with E-state index in [1.165, 1.54) is 16.7 Å². The number of furan rings is 1. The standard InChI is InChI=1S/C15H17N3O4S/c1-17-8-6-16-15(17)23-9-10-4-5-12(22-10)13(19)18-7-2-3-11(18)14(20)21/h4-6,8,11H,2-3,7,9H2,1H3,(H,20,21)/t11-/m0/s1. The van der Waals surface area contributed by atoms with Gasteiger partial charge in [-0.15, -0.1) is 0 Å². The Bertz CT molecular complexity index is 724. The molecule has 0 spiro atoms. The third-order valence-electron chi connectivity index (χ3n) is 3.79. The molecule has 0 bridgehead atoms. The molecule has 8 heteroatoms. The number of amides is 1. The number of carboxylic acids is 1. The fourth-order valence-electron chi connectivity index (χ4n) is 2.61. The zero-order valence-corrected chi connectivity index (χ0v) is 13.5. The number of carbonyl (C=O) groups excluding carboxylic acids is 1. The molecule has 1 fully saturated rings. The lowest BCUT2D eigenvalue weighted by atomic mass is 10.2. The molecular weight excluding hydrogens is 318 g/mol. The first-order valence-corrected chi connectivity index (χ1v) is 8.27. The van der Waals surface area contributed by atoms with Gasteiger partial charge in [-0.2, -0.15) is 0 Å². The van der Waals surface area contributed by atoms with Gasteiger partial charge in [-0.25, -0.2) is 9.78 Å². The van der Waals surface area contributed by atoms with Crippen LogP contribution < -0.4 is 0 Å². The molecule has 2 aromatic heterocycles. The molecule has 0 aromatic carbocycles. The minimum Gasteiger partial charge on any atom is -0.480 e. The molecule has 3 heterocycles. The molecule has 1 N–H and O–H groups in total. The predicted molar refractivity (Wildman–Crippen MR) is 83.2 cm³/mol. The maximum absolute atomic E-state index is 12.4. The Labute approximate surface area is 137 Å². The van der Waals surface area contributed by atoms with Gasteiger partial charge in [0, 0.05) is 26.0 Å².